The van der Waals surface area contributed by atoms with E-state index in [0.29, 0.717) is 13.0 Å². The normalized spacial score (nSPS) is 13.3. The van der Waals surface area contributed by atoms with Gasteiger partial charge in [0.05, 0.1) is 11.4 Å². The summed E-state index contributed by atoms with van der Waals surface area (Å²) in [6.45, 7) is 2.71. The zero-order valence-electron chi connectivity index (χ0n) is 11.5. The first-order valence-electron chi connectivity index (χ1n) is 6.65. The smallest absolute Gasteiger partial charge is 0.224 e. The lowest BCUT2D eigenvalue weighted by Gasteiger charge is -2.21. The Balaban J connectivity index is 0.00000180. The first-order valence-corrected chi connectivity index (χ1v) is 6.65. The maximum atomic E-state index is 11.8. The van der Waals surface area contributed by atoms with Crippen molar-refractivity contribution in [1.82, 2.24) is 0 Å². The Morgan fingerprint density at radius 1 is 1.20 bits per heavy atom. The fourth-order valence-electron chi connectivity index (χ4n) is 2.29. The highest BCUT2D eigenvalue weighted by Gasteiger charge is 2.16. The summed E-state index contributed by atoms with van der Waals surface area (Å²) < 4.78 is 0. The van der Waals surface area contributed by atoms with E-state index >= 15 is 0 Å². The molecule has 4 nitrogen and oxygen atoms in total. The number of para-hydroxylation sites is 2. The Labute approximate surface area is 132 Å². The SMILES string of the molecule is Cl.Cl.NCCCC(=O)Nc1ccccc1N1CCCC1. The van der Waals surface area contributed by atoms with Crippen LogP contribution in [0.1, 0.15) is 25.7 Å². The average molecular weight is 320 g/mol. The van der Waals surface area contributed by atoms with Crippen LogP contribution in [0.25, 0.3) is 0 Å². The number of carbonyl (C=O) groups is 1. The minimum absolute atomic E-state index is 0. The van der Waals surface area contributed by atoms with Gasteiger partial charge in [-0.15, -0.1) is 24.8 Å². The molecule has 1 amide bonds. The number of nitrogens with two attached hydrogens (primary N) is 1. The molecular weight excluding hydrogens is 297 g/mol. The van der Waals surface area contributed by atoms with E-state index < -0.39 is 0 Å². The molecule has 3 N–H and O–H groups in total. The van der Waals surface area contributed by atoms with Crippen LogP contribution in [-0.2, 0) is 4.79 Å². The number of benzene rings is 1. The molecule has 1 aliphatic heterocycles. The highest BCUT2D eigenvalue weighted by molar-refractivity contribution is 5.94. The summed E-state index contributed by atoms with van der Waals surface area (Å²) in [5.74, 6) is 0.0482. The van der Waals surface area contributed by atoms with Gasteiger partial charge in [0.2, 0.25) is 5.91 Å². The molecule has 1 saturated heterocycles. The lowest BCUT2D eigenvalue weighted by Crippen LogP contribution is -2.21. The van der Waals surface area contributed by atoms with Gasteiger partial charge in [-0.1, -0.05) is 12.1 Å². The van der Waals surface area contributed by atoms with Crippen LogP contribution in [0.5, 0.6) is 0 Å². The van der Waals surface area contributed by atoms with Gasteiger partial charge in [0.15, 0.2) is 0 Å². The second kappa shape index (κ2) is 9.86. The molecule has 0 unspecified atom stereocenters. The molecule has 0 bridgehead atoms. The van der Waals surface area contributed by atoms with E-state index in [-0.39, 0.29) is 30.7 Å². The van der Waals surface area contributed by atoms with Gasteiger partial charge in [-0.05, 0) is 37.9 Å². The number of carbonyl (C=O) groups excluding carboxylic acids is 1. The molecule has 0 radical (unpaired) electrons. The Morgan fingerprint density at radius 2 is 1.85 bits per heavy atom. The van der Waals surface area contributed by atoms with E-state index in [1.165, 1.54) is 12.8 Å². The van der Waals surface area contributed by atoms with Crippen LogP contribution in [0.15, 0.2) is 24.3 Å². The Kier molecular flexibility index (Phi) is 9.38. The van der Waals surface area contributed by atoms with Crippen LogP contribution < -0.4 is 16.0 Å². The quantitative estimate of drug-likeness (QED) is 0.877. The molecule has 0 aromatic heterocycles. The minimum atomic E-state index is 0. The molecule has 1 heterocycles. The maximum Gasteiger partial charge on any atom is 0.224 e. The number of rotatable bonds is 5. The van der Waals surface area contributed by atoms with Gasteiger partial charge in [0.1, 0.15) is 0 Å². The van der Waals surface area contributed by atoms with Gasteiger partial charge >= 0.3 is 0 Å². The van der Waals surface area contributed by atoms with Crippen molar-refractivity contribution in [1.29, 1.82) is 0 Å². The molecule has 0 atom stereocenters. The van der Waals surface area contributed by atoms with Crippen molar-refractivity contribution in [2.24, 2.45) is 5.73 Å². The van der Waals surface area contributed by atoms with Crippen molar-refractivity contribution in [2.45, 2.75) is 25.7 Å². The third-order valence-electron chi connectivity index (χ3n) is 3.23. The molecule has 6 heteroatoms. The van der Waals surface area contributed by atoms with E-state index in [0.717, 1.165) is 30.9 Å². The molecule has 20 heavy (non-hydrogen) atoms. The number of hydrogen-bond donors (Lipinski definition) is 2. The zero-order chi connectivity index (χ0) is 12.8. The zero-order valence-corrected chi connectivity index (χ0v) is 13.1. The summed E-state index contributed by atoms with van der Waals surface area (Å²) in [7, 11) is 0. The Morgan fingerprint density at radius 3 is 2.50 bits per heavy atom. The van der Waals surface area contributed by atoms with Crippen LogP contribution in [-0.4, -0.2) is 25.5 Å². The molecule has 0 aliphatic carbocycles. The summed E-state index contributed by atoms with van der Waals surface area (Å²) in [4.78, 5) is 14.1. The van der Waals surface area contributed by atoms with E-state index in [1.54, 1.807) is 0 Å². The fourth-order valence-corrected chi connectivity index (χ4v) is 2.29. The number of halogens is 2. The number of hydrogen-bond acceptors (Lipinski definition) is 3. The van der Waals surface area contributed by atoms with Crippen molar-refractivity contribution >= 4 is 42.1 Å². The van der Waals surface area contributed by atoms with Gasteiger partial charge in [-0.2, -0.15) is 0 Å². The fraction of sp³-hybridized carbons (Fsp3) is 0.500. The summed E-state index contributed by atoms with van der Waals surface area (Å²) in [5.41, 5.74) is 7.46. The van der Waals surface area contributed by atoms with Gasteiger partial charge in [0, 0.05) is 19.5 Å². The van der Waals surface area contributed by atoms with Crippen molar-refractivity contribution in [2.75, 3.05) is 29.9 Å². The van der Waals surface area contributed by atoms with Crippen molar-refractivity contribution in [3.63, 3.8) is 0 Å². The number of nitrogens with one attached hydrogen (secondary N) is 1. The standard InChI is InChI=1S/C14H21N3O.2ClH/c15-9-5-8-14(18)16-12-6-1-2-7-13(12)17-10-3-4-11-17;;/h1-2,6-7H,3-5,8-11,15H2,(H,16,18);2*1H. The molecule has 0 spiro atoms. The van der Waals surface area contributed by atoms with E-state index in [9.17, 15) is 4.79 Å². The number of anilines is 2. The Bertz CT molecular complexity index is 409. The predicted molar refractivity (Wildman–Crippen MR) is 89.3 cm³/mol. The van der Waals surface area contributed by atoms with Crippen molar-refractivity contribution in [3.05, 3.63) is 24.3 Å². The summed E-state index contributed by atoms with van der Waals surface area (Å²) >= 11 is 0. The van der Waals surface area contributed by atoms with Crippen LogP contribution in [0.2, 0.25) is 0 Å². The molecule has 1 aromatic rings. The molecular formula is C14H23Cl2N3O. The van der Waals surface area contributed by atoms with Crippen LogP contribution >= 0.6 is 24.8 Å². The van der Waals surface area contributed by atoms with Gasteiger partial charge < -0.3 is 16.0 Å². The summed E-state index contributed by atoms with van der Waals surface area (Å²) in [5, 5.41) is 2.99. The monoisotopic (exact) mass is 319 g/mol. The van der Waals surface area contributed by atoms with Crippen molar-refractivity contribution in [3.8, 4) is 0 Å². The predicted octanol–water partition coefficient (Wildman–Crippen LogP) is 2.81. The van der Waals surface area contributed by atoms with Gasteiger partial charge in [0.25, 0.3) is 0 Å². The molecule has 1 aliphatic rings. The molecule has 2 rings (SSSR count). The highest BCUT2D eigenvalue weighted by Crippen LogP contribution is 2.28. The highest BCUT2D eigenvalue weighted by atomic mass is 35.5. The van der Waals surface area contributed by atoms with Gasteiger partial charge in [-0.3, -0.25) is 4.79 Å². The number of amides is 1. The van der Waals surface area contributed by atoms with Crippen molar-refractivity contribution < 1.29 is 4.79 Å². The maximum absolute atomic E-state index is 11.8. The minimum Gasteiger partial charge on any atom is -0.370 e. The first-order chi connectivity index (χ1) is 8.81. The second-order valence-electron chi connectivity index (χ2n) is 4.65. The topological polar surface area (TPSA) is 58.4 Å². The third-order valence-corrected chi connectivity index (χ3v) is 3.23. The van der Waals surface area contributed by atoms with Crippen LogP contribution in [0.3, 0.4) is 0 Å². The van der Waals surface area contributed by atoms with E-state index in [2.05, 4.69) is 16.3 Å². The second-order valence-corrected chi connectivity index (χ2v) is 4.65. The molecule has 0 saturated carbocycles. The lowest BCUT2D eigenvalue weighted by atomic mass is 10.2. The van der Waals surface area contributed by atoms with E-state index in [1.807, 2.05) is 18.2 Å². The molecule has 1 fully saturated rings. The third kappa shape index (κ3) is 5.19. The largest absolute Gasteiger partial charge is 0.370 e. The lowest BCUT2D eigenvalue weighted by molar-refractivity contribution is -0.116. The molecule has 114 valence electrons. The first kappa shape index (κ1) is 19.0. The average Bonchev–Trinajstić information content (AvgIpc) is 2.91. The van der Waals surface area contributed by atoms with Gasteiger partial charge in [-0.25, -0.2) is 0 Å². The Hall–Kier alpha value is -0.970. The van der Waals surface area contributed by atoms with Crippen LogP contribution in [0, 0.1) is 0 Å². The molecule has 1 aromatic carbocycles. The number of nitrogens with zero attached hydrogens (tertiary/aromatic N) is 1. The van der Waals surface area contributed by atoms with E-state index in [4.69, 9.17) is 5.73 Å². The summed E-state index contributed by atoms with van der Waals surface area (Å²) in [6, 6.07) is 8.01. The summed E-state index contributed by atoms with van der Waals surface area (Å²) in [6.07, 6.45) is 3.69. The van der Waals surface area contributed by atoms with Crippen LogP contribution in [0.4, 0.5) is 11.4 Å².